The van der Waals surface area contributed by atoms with E-state index >= 15 is 0 Å². The predicted octanol–water partition coefficient (Wildman–Crippen LogP) is 7.12. The van der Waals surface area contributed by atoms with Crippen molar-refractivity contribution >= 4 is 36.5 Å². The van der Waals surface area contributed by atoms with Crippen LogP contribution in [0.5, 0.6) is 0 Å². The van der Waals surface area contributed by atoms with E-state index in [4.69, 9.17) is 4.43 Å². The second-order valence-corrected chi connectivity index (χ2v) is 14.7. The van der Waals surface area contributed by atoms with E-state index in [1.807, 2.05) is 78.9 Å². The topological polar surface area (TPSA) is 89.2 Å². The number of Topliss-reactive ketones (excluding diaryl/α,β-unsaturated/α-hetero) is 1. The summed E-state index contributed by atoms with van der Waals surface area (Å²) >= 11 is 0. The van der Waals surface area contributed by atoms with Gasteiger partial charge in [0.25, 0.3) is 10.0 Å². The molecular weight excluding hydrogens is 561 g/mol. The molecule has 0 fully saturated rings. The summed E-state index contributed by atoms with van der Waals surface area (Å²) in [7, 11) is -4.10. The highest BCUT2D eigenvalue weighted by atomic mass is 32.2. The number of ketones is 1. The van der Waals surface area contributed by atoms with Gasteiger partial charge in [0.2, 0.25) is 9.76 Å². The van der Waals surface area contributed by atoms with Gasteiger partial charge in [0, 0.05) is 5.39 Å². The van der Waals surface area contributed by atoms with Crippen molar-refractivity contribution in [3.8, 4) is 6.07 Å². The first-order valence-electron chi connectivity index (χ1n) is 13.5. The number of carbonyl (C=O) groups excluding carboxylic acids is 1. The smallest absolute Gasteiger partial charge is 0.268 e. The Morgan fingerprint density at radius 2 is 1.36 bits per heavy atom. The zero-order valence-corrected chi connectivity index (χ0v) is 25.4. The molecule has 8 heteroatoms. The number of benzene rings is 4. The highest BCUT2D eigenvalue weighted by molar-refractivity contribution is 7.90. The Morgan fingerprint density at radius 3 is 1.88 bits per heavy atom. The molecule has 5 rings (SSSR count). The SMILES string of the molecule is CC(C)(C)[Si]OC(c1ccccc1)(c1ccccc1)c1ccc2cc(C(=O)CC#N)n(S(=O)(=O)c3ccccc3)c2c1. The molecule has 0 N–H and O–H groups in total. The highest BCUT2D eigenvalue weighted by Crippen LogP contribution is 2.43. The molecular formula is C34H30N2O4SSi. The molecule has 4 aromatic carbocycles. The van der Waals surface area contributed by atoms with Crippen molar-refractivity contribution in [1.82, 2.24) is 3.97 Å². The van der Waals surface area contributed by atoms with Crippen LogP contribution in [-0.4, -0.2) is 27.9 Å². The van der Waals surface area contributed by atoms with Crippen LogP contribution in [0.4, 0.5) is 0 Å². The molecule has 1 heterocycles. The minimum Gasteiger partial charge on any atom is -0.400 e. The molecule has 0 aliphatic heterocycles. The molecule has 0 aliphatic rings. The minimum absolute atomic E-state index is 0.0433. The summed E-state index contributed by atoms with van der Waals surface area (Å²) in [5.41, 5.74) is 1.68. The van der Waals surface area contributed by atoms with Crippen molar-refractivity contribution in [2.75, 3.05) is 0 Å². The third-order valence-electron chi connectivity index (χ3n) is 6.84. The molecule has 0 saturated heterocycles. The van der Waals surface area contributed by atoms with Gasteiger partial charge in [0.1, 0.15) is 17.7 Å². The lowest BCUT2D eigenvalue weighted by Gasteiger charge is -2.38. The Hall–Kier alpha value is -4.29. The maximum atomic E-state index is 14.1. The molecule has 42 heavy (non-hydrogen) atoms. The first-order valence-corrected chi connectivity index (χ1v) is 15.9. The van der Waals surface area contributed by atoms with E-state index in [0.29, 0.717) is 16.5 Å². The summed E-state index contributed by atoms with van der Waals surface area (Å²) in [5, 5.41) is 9.68. The van der Waals surface area contributed by atoms with Gasteiger partial charge in [-0.05, 0) is 46.0 Å². The first-order chi connectivity index (χ1) is 20.1. The van der Waals surface area contributed by atoms with Gasteiger partial charge < -0.3 is 4.43 Å². The summed E-state index contributed by atoms with van der Waals surface area (Å²) in [6.07, 6.45) is -0.443. The van der Waals surface area contributed by atoms with E-state index in [-0.39, 0.29) is 25.4 Å². The Balaban J connectivity index is 1.86. The van der Waals surface area contributed by atoms with Gasteiger partial charge in [0.05, 0.1) is 16.5 Å². The van der Waals surface area contributed by atoms with Gasteiger partial charge in [-0.3, -0.25) is 4.79 Å². The van der Waals surface area contributed by atoms with Crippen molar-refractivity contribution in [3.05, 3.63) is 138 Å². The third-order valence-corrected chi connectivity index (χ3v) is 9.61. The molecule has 5 aromatic rings. The quantitative estimate of drug-likeness (QED) is 0.104. The van der Waals surface area contributed by atoms with Crippen molar-refractivity contribution in [3.63, 3.8) is 0 Å². The largest absolute Gasteiger partial charge is 0.400 e. The van der Waals surface area contributed by atoms with Crippen molar-refractivity contribution in [2.24, 2.45) is 0 Å². The normalized spacial score (nSPS) is 12.2. The Kier molecular flexibility index (Phi) is 8.02. The zero-order valence-electron chi connectivity index (χ0n) is 23.6. The molecule has 210 valence electrons. The lowest BCUT2D eigenvalue weighted by Crippen LogP contribution is -2.36. The van der Waals surface area contributed by atoms with E-state index in [1.165, 1.54) is 12.1 Å². The van der Waals surface area contributed by atoms with Crippen LogP contribution in [0.2, 0.25) is 5.04 Å². The molecule has 1 aromatic heterocycles. The van der Waals surface area contributed by atoms with Crippen LogP contribution in [0.25, 0.3) is 10.9 Å². The fraction of sp³-hybridized carbons (Fsp3) is 0.176. The fourth-order valence-corrected chi connectivity index (χ4v) is 7.32. The van der Waals surface area contributed by atoms with Crippen LogP contribution in [0.3, 0.4) is 0 Å². The van der Waals surface area contributed by atoms with Gasteiger partial charge in [-0.25, -0.2) is 12.4 Å². The lowest BCUT2D eigenvalue weighted by molar-refractivity contribution is 0.0992. The van der Waals surface area contributed by atoms with Gasteiger partial charge in [0.15, 0.2) is 5.78 Å². The van der Waals surface area contributed by atoms with Crippen LogP contribution in [0.1, 0.15) is 54.4 Å². The fourth-order valence-electron chi connectivity index (χ4n) is 4.96. The molecule has 0 atom stereocenters. The van der Waals surface area contributed by atoms with E-state index in [9.17, 15) is 18.5 Å². The molecule has 0 spiro atoms. The average molecular weight is 591 g/mol. The van der Waals surface area contributed by atoms with Crippen molar-refractivity contribution in [2.45, 2.75) is 42.7 Å². The number of aromatic nitrogens is 1. The summed E-state index contributed by atoms with van der Waals surface area (Å²) in [5.74, 6) is -0.572. The molecule has 0 bridgehead atoms. The minimum atomic E-state index is -4.20. The monoisotopic (exact) mass is 590 g/mol. The summed E-state index contributed by atoms with van der Waals surface area (Å²) in [6.45, 7) is 6.33. The van der Waals surface area contributed by atoms with Crippen LogP contribution in [0.15, 0.2) is 120 Å². The van der Waals surface area contributed by atoms with Gasteiger partial charge in [-0.2, -0.15) is 5.26 Å². The number of hydrogen-bond acceptors (Lipinski definition) is 5. The van der Waals surface area contributed by atoms with Gasteiger partial charge >= 0.3 is 0 Å². The molecule has 0 saturated carbocycles. The maximum Gasteiger partial charge on any atom is 0.268 e. The average Bonchev–Trinajstić information content (AvgIpc) is 3.39. The van der Waals surface area contributed by atoms with E-state index in [1.54, 1.807) is 30.3 Å². The number of carbonyl (C=O) groups is 1. The number of hydrogen-bond donors (Lipinski definition) is 0. The van der Waals surface area contributed by atoms with Gasteiger partial charge in [-0.15, -0.1) is 0 Å². The number of nitrogens with zero attached hydrogens (tertiary/aromatic N) is 2. The van der Waals surface area contributed by atoms with E-state index in [2.05, 4.69) is 20.8 Å². The molecule has 0 unspecified atom stereocenters. The molecule has 0 aliphatic carbocycles. The summed E-state index contributed by atoms with van der Waals surface area (Å²) in [6, 6.07) is 36.7. The third kappa shape index (κ3) is 5.47. The number of fused-ring (bicyclic) bond motifs is 1. The lowest BCUT2D eigenvalue weighted by atomic mass is 9.80. The van der Waals surface area contributed by atoms with Crippen LogP contribution < -0.4 is 0 Å². The Bertz CT molecular complexity index is 1830. The van der Waals surface area contributed by atoms with Gasteiger partial charge in [-0.1, -0.05) is 112 Å². The Labute approximate surface area is 249 Å². The van der Waals surface area contributed by atoms with Crippen LogP contribution in [-0.2, 0) is 20.1 Å². The summed E-state index contributed by atoms with van der Waals surface area (Å²) < 4.78 is 36.2. The second kappa shape index (κ2) is 11.5. The maximum absolute atomic E-state index is 14.1. The number of rotatable bonds is 9. The molecule has 6 nitrogen and oxygen atoms in total. The standard InChI is InChI=1S/C34H30N2O4SSi/c1-33(2,3)42-40-34(26-13-7-4-8-14-26,27-15-9-5-10-16-27)28-20-19-25-23-31(32(37)21-22-35)36(30(25)24-28)41(38,39)29-17-11-6-12-18-29/h4-20,23-24H,21H2,1-3H3. The summed E-state index contributed by atoms with van der Waals surface area (Å²) in [4.78, 5) is 13.2. The van der Waals surface area contributed by atoms with E-state index < -0.39 is 27.8 Å². The van der Waals surface area contributed by atoms with Crippen LogP contribution in [0, 0.1) is 11.3 Å². The van der Waals surface area contributed by atoms with E-state index in [0.717, 1.165) is 15.1 Å². The highest BCUT2D eigenvalue weighted by Gasteiger charge is 2.39. The molecule has 2 radical (unpaired) electrons. The van der Waals surface area contributed by atoms with Crippen molar-refractivity contribution < 1.29 is 17.6 Å². The first kappa shape index (κ1) is 29.2. The second-order valence-electron chi connectivity index (χ2n) is 11.0. The van der Waals surface area contributed by atoms with Crippen molar-refractivity contribution in [1.29, 1.82) is 5.26 Å². The number of nitriles is 1. The predicted molar refractivity (Wildman–Crippen MR) is 165 cm³/mol. The Morgan fingerprint density at radius 1 is 0.810 bits per heavy atom. The molecule has 0 amide bonds. The zero-order chi connectivity index (χ0) is 30.0. The van der Waals surface area contributed by atoms with Crippen LogP contribution >= 0.6 is 0 Å².